The standard InChI is InChI=1S/C23H33BrN2O/c1-2-3-4-5-6-8-15-26-18-19(21-17-20(24)11-12-22(21)26)16-23(27)25-13-9-7-10-14-25/h11-12,17-18H,2-10,13-16H2,1H3. The van der Waals surface area contributed by atoms with Gasteiger partial charge in [0.05, 0.1) is 6.42 Å². The maximum atomic E-state index is 12.8. The number of carbonyl (C=O) groups is 1. The molecule has 0 atom stereocenters. The van der Waals surface area contributed by atoms with E-state index in [-0.39, 0.29) is 5.91 Å². The van der Waals surface area contributed by atoms with Gasteiger partial charge in [-0.15, -0.1) is 0 Å². The Morgan fingerprint density at radius 1 is 1.04 bits per heavy atom. The molecule has 0 saturated carbocycles. The molecule has 2 heterocycles. The second kappa shape index (κ2) is 10.3. The molecular formula is C23H33BrN2O. The molecule has 3 nitrogen and oxygen atoms in total. The fourth-order valence-electron chi connectivity index (χ4n) is 4.15. The number of halogens is 1. The largest absolute Gasteiger partial charge is 0.347 e. The van der Waals surface area contributed by atoms with Crippen molar-refractivity contribution in [1.29, 1.82) is 0 Å². The van der Waals surface area contributed by atoms with E-state index in [1.54, 1.807) is 0 Å². The first-order valence-electron chi connectivity index (χ1n) is 10.7. The van der Waals surface area contributed by atoms with Crippen molar-refractivity contribution >= 4 is 32.7 Å². The van der Waals surface area contributed by atoms with Crippen LogP contribution >= 0.6 is 15.9 Å². The third-order valence-corrected chi connectivity index (χ3v) is 6.22. The molecule has 1 amide bonds. The zero-order valence-corrected chi connectivity index (χ0v) is 18.3. The van der Waals surface area contributed by atoms with E-state index in [9.17, 15) is 4.79 Å². The Balaban J connectivity index is 1.68. The molecule has 1 aromatic heterocycles. The van der Waals surface area contributed by atoms with Gasteiger partial charge in [-0.3, -0.25) is 4.79 Å². The first kappa shape index (κ1) is 20.4. The maximum absolute atomic E-state index is 12.8. The highest BCUT2D eigenvalue weighted by Gasteiger charge is 2.19. The van der Waals surface area contributed by atoms with Crippen LogP contribution in [-0.2, 0) is 17.8 Å². The minimum Gasteiger partial charge on any atom is -0.347 e. The smallest absolute Gasteiger partial charge is 0.227 e. The molecule has 0 aliphatic carbocycles. The van der Waals surface area contributed by atoms with Gasteiger partial charge in [-0.05, 0) is 49.4 Å². The summed E-state index contributed by atoms with van der Waals surface area (Å²) in [5.74, 6) is 0.285. The van der Waals surface area contributed by atoms with Gasteiger partial charge in [0.15, 0.2) is 0 Å². The number of hydrogen-bond donors (Lipinski definition) is 0. The predicted molar refractivity (Wildman–Crippen MR) is 117 cm³/mol. The van der Waals surface area contributed by atoms with Gasteiger partial charge in [-0.1, -0.05) is 55.0 Å². The number of nitrogens with zero attached hydrogens (tertiary/aromatic N) is 2. The van der Waals surface area contributed by atoms with Gasteiger partial charge in [-0.25, -0.2) is 0 Å². The maximum Gasteiger partial charge on any atom is 0.227 e. The summed E-state index contributed by atoms with van der Waals surface area (Å²) in [6, 6.07) is 6.47. The highest BCUT2D eigenvalue weighted by Crippen LogP contribution is 2.27. The van der Waals surface area contributed by atoms with Gasteiger partial charge in [-0.2, -0.15) is 0 Å². The van der Waals surface area contributed by atoms with Crippen LogP contribution in [0.5, 0.6) is 0 Å². The Bertz CT molecular complexity index is 746. The quantitative estimate of drug-likeness (QED) is 0.425. The van der Waals surface area contributed by atoms with E-state index in [0.29, 0.717) is 6.42 Å². The molecule has 3 rings (SSSR count). The summed E-state index contributed by atoms with van der Waals surface area (Å²) in [7, 11) is 0. The number of fused-ring (bicyclic) bond motifs is 1. The topological polar surface area (TPSA) is 25.2 Å². The highest BCUT2D eigenvalue weighted by molar-refractivity contribution is 9.10. The summed E-state index contributed by atoms with van der Waals surface area (Å²) in [5.41, 5.74) is 2.43. The van der Waals surface area contributed by atoms with Gasteiger partial charge in [0.1, 0.15) is 0 Å². The van der Waals surface area contributed by atoms with E-state index in [2.05, 4.69) is 56.7 Å². The van der Waals surface area contributed by atoms with Gasteiger partial charge in [0.25, 0.3) is 0 Å². The van der Waals surface area contributed by atoms with Crippen LogP contribution < -0.4 is 0 Å². The third-order valence-electron chi connectivity index (χ3n) is 5.73. The van der Waals surface area contributed by atoms with E-state index >= 15 is 0 Å². The number of benzene rings is 1. The Labute approximate surface area is 172 Å². The summed E-state index contributed by atoms with van der Waals surface area (Å²) in [5, 5.41) is 1.22. The van der Waals surface area contributed by atoms with E-state index in [1.165, 1.54) is 61.4 Å². The molecule has 0 unspecified atom stereocenters. The summed E-state index contributed by atoms with van der Waals surface area (Å²) < 4.78 is 3.44. The van der Waals surface area contributed by atoms with Gasteiger partial charge >= 0.3 is 0 Å². The third kappa shape index (κ3) is 5.60. The highest BCUT2D eigenvalue weighted by atomic mass is 79.9. The van der Waals surface area contributed by atoms with E-state index < -0.39 is 0 Å². The normalized spacial score (nSPS) is 14.8. The summed E-state index contributed by atoms with van der Waals surface area (Å²) in [6.45, 7) is 5.16. The number of amides is 1. The monoisotopic (exact) mass is 432 g/mol. The number of hydrogen-bond acceptors (Lipinski definition) is 1. The lowest BCUT2D eigenvalue weighted by Gasteiger charge is -2.26. The van der Waals surface area contributed by atoms with Crippen LogP contribution in [0.3, 0.4) is 0 Å². The number of likely N-dealkylation sites (tertiary alicyclic amines) is 1. The Morgan fingerprint density at radius 3 is 2.56 bits per heavy atom. The predicted octanol–water partition coefficient (Wildman–Crippen LogP) is 6.32. The minimum absolute atomic E-state index is 0.285. The summed E-state index contributed by atoms with van der Waals surface area (Å²) in [4.78, 5) is 14.8. The molecule has 4 heteroatoms. The number of carbonyl (C=O) groups excluding carboxylic acids is 1. The van der Waals surface area contributed by atoms with Crippen LogP contribution in [0.2, 0.25) is 0 Å². The summed E-state index contributed by atoms with van der Waals surface area (Å²) in [6.07, 6.45) is 14.1. The molecule has 2 aromatic rings. The lowest BCUT2D eigenvalue weighted by molar-refractivity contribution is -0.131. The molecule has 148 valence electrons. The first-order chi connectivity index (χ1) is 13.2. The van der Waals surface area contributed by atoms with Gasteiger partial charge < -0.3 is 9.47 Å². The van der Waals surface area contributed by atoms with Crippen LogP contribution in [-0.4, -0.2) is 28.5 Å². The number of piperidine rings is 1. The summed E-state index contributed by atoms with van der Waals surface area (Å²) >= 11 is 3.60. The molecular weight excluding hydrogens is 400 g/mol. The molecule has 27 heavy (non-hydrogen) atoms. The van der Waals surface area contributed by atoms with Crippen LogP contribution in [0.4, 0.5) is 0 Å². The molecule has 1 fully saturated rings. The molecule has 0 bridgehead atoms. The average Bonchev–Trinajstić information content (AvgIpc) is 3.02. The minimum atomic E-state index is 0.285. The lowest BCUT2D eigenvalue weighted by Crippen LogP contribution is -2.36. The SMILES string of the molecule is CCCCCCCCn1cc(CC(=O)N2CCCCC2)c2cc(Br)ccc21. The Kier molecular flexibility index (Phi) is 7.81. The van der Waals surface area contributed by atoms with Crippen LogP contribution in [0.1, 0.15) is 70.3 Å². The first-order valence-corrected chi connectivity index (χ1v) is 11.5. The zero-order chi connectivity index (χ0) is 19.1. The molecule has 1 aliphatic heterocycles. The Hall–Kier alpha value is -1.29. The number of rotatable bonds is 9. The molecule has 1 saturated heterocycles. The van der Waals surface area contributed by atoms with Crippen molar-refractivity contribution in [1.82, 2.24) is 9.47 Å². The van der Waals surface area contributed by atoms with Crippen LogP contribution in [0.25, 0.3) is 10.9 Å². The number of aryl methyl sites for hydroxylation is 1. The fraction of sp³-hybridized carbons (Fsp3) is 0.609. The second-order valence-corrected chi connectivity index (χ2v) is 8.81. The van der Waals surface area contributed by atoms with Crippen molar-refractivity contribution in [3.05, 3.63) is 34.4 Å². The second-order valence-electron chi connectivity index (χ2n) is 7.90. The van der Waals surface area contributed by atoms with Crippen LogP contribution in [0.15, 0.2) is 28.9 Å². The molecule has 0 spiro atoms. The van der Waals surface area contributed by atoms with Crippen molar-refractivity contribution in [2.45, 2.75) is 77.7 Å². The molecule has 1 aliphatic rings. The van der Waals surface area contributed by atoms with Crippen molar-refractivity contribution in [3.8, 4) is 0 Å². The average molecular weight is 433 g/mol. The Morgan fingerprint density at radius 2 is 1.78 bits per heavy atom. The van der Waals surface area contributed by atoms with Crippen molar-refractivity contribution in [3.63, 3.8) is 0 Å². The van der Waals surface area contributed by atoms with Crippen molar-refractivity contribution < 1.29 is 4.79 Å². The van der Waals surface area contributed by atoms with Crippen molar-refractivity contribution in [2.75, 3.05) is 13.1 Å². The number of aromatic nitrogens is 1. The van der Waals surface area contributed by atoms with E-state index in [4.69, 9.17) is 0 Å². The zero-order valence-electron chi connectivity index (χ0n) is 16.7. The van der Waals surface area contributed by atoms with Crippen LogP contribution in [0, 0.1) is 0 Å². The van der Waals surface area contributed by atoms with Crippen molar-refractivity contribution in [2.24, 2.45) is 0 Å². The molecule has 0 N–H and O–H groups in total. The van der Waals surface area contributed by atoms with E-state index in [0.717, 1.165) is 36.9 Å². The lowest BCUT2D eigenvalue weighted by atomic mass is 10.1. The van der Waals surface area contributed by atoms with Gasteiger partial charge in [0.2, 0.25) is 5.91 Å². The van der Waals surface area contributed by atoms with Gasteiger partial charge in [0, 0.05) is 41.2 Å². The number of unbranched alkanes of at least 4 members (excludes halogenated alkanes) is 5. The van der Waals surface area contributed by atoms with E-state index in [1.807, 2.05) is 0 Å². The molecule has 1 aromatic carbocycles. The molecule has 0 radical (unpaired) electrons. The fourth-order valence-corrected chi connectivity index (χ4v) is 4.51.